The first-order valence-electron chi connectivity index (χ1n) is 8.60. The van der Waals surface area contributed by atoms with Gasteiger partial charge in [-0.1, -0.05) is 19.1 Å². The highest BCUT2D eigenvalue weighted by atomic mass is 16.6. The minimum atomic E-state index is -0.816. The van der Waals surface area contributed by atoms with Crippen LogP contribution in [0.2, 0.25) is 0 Å². The zero-order valence-corrected chi connectivity index (χ0v) is 15.5. The van der Waals surface area contributed by atoms with E-state index in [0.717, 1.165) is 12.0 Å². The maximum absolute atomic E-state index is 12.0. The molecule has 0 unspecified atom stereocenters. The molecule has 2 aromatic rings. The van der Waals surface area contributed by atoms with Gasteiger partial charge in [-0.2, -0.15) is 0 Å². The number of hydrogen-bond donors (Lipinski definition) is 2. The second-order valence-corrected chi connectivity index (χ2v) is 5.83. The Balaban J connectivity index is 1.73. The van der Waals surface area contributed by atoms with Crippen LogP contribution in [-0.4, -0.2) is 29.4 Å². The van der Waals surface area contributed by atoms with Crippen LogP contribution in [0.1, 0.15) is 19.4 Å². The molecule has 0 aliphatic heterocycles. The number of ether oxygens (including phenoxy) is 2. The molecule has 9 heteroatoms. The van der Waals surface area contributed by atoms with E-state index < -0.39 is 22.8 Å². The average Bonchev–Trinajstić information content (AvgIpc) is 2.71. The van der Waals surface area contributed by atoms with Crippen molar-refractivity contribution in [2.24, 2.45) is 0 Å². The van der Waals surface area contributed by atoms with Gasteiger partial charge in [0.05, 0.1) is 4.92 Å². The van der Waals surface area contributed by atoms with Gasteiger partial charge in [-0.15, -0.1) is 0 Å². The van der Waals surface area contributed by atoms with Crippen molar-refractivity contribution >= 4 is 17.5 Å². The Morgan fingerprint density at radius 1 is 1.04 bits per heavy atom. The first kappa shape index (κ1) is 20.7. The Morgan fingerprint density at radius 2 is 1.64 bits per heavy atom. The molecule has 0 aliphatic carbocycles. The fraction of sp³-hybridized carbons (Fsp3) is 0.263. The minimum absolute atomic E-state index is 0.0811. The summed E-state index contributed by atoms with van der Waals surface area (Å²) in [6.45, 7) is 3.23. The lowest BCUT2D eigenvalue weighted by Crippen LogP contribution is -2.48. The predicted molar refractivity (Wildman–Crippen MR) is 101 cm³/mol. The Labute approximate surface area is 161 Å². The van der Waals surface area contributed by atoms with Gasteiger partial charge in [0.1, 0.15) is 11.5 Å². The summed E-state index contributed by atoms with van der Waals surface area (Å²) in [6.07, 6.45) is 0.0907. The number of hydrazine groups is 1. The van der Waals surface area contributed by atoms with Crippen molar-refractivity contribution in [1.29, 1.82) is 0 Å². The number of nitro groups is 1. The third-order valence-electron chi connectivity index (χ3n) is 3.76. The van der Waals surface area contributed by atoms with Gasteiger partial charge in [0.2, 0.25) is 0 Å². The summed E-state index contributed by atoms with van der Waals surface area (Å²) in [6, 6.07) is 12.7. The Hall–Kier alpha value is -3.62. The lowest BCUT2D eigenvalue weighted by molar-refractivity contribution is -0.384. The third-order valence-corrected chi connectivity index (χ3v) is 3.76. The van der Waals surface area contributed by atoms with Crippen molar-refractivity contribution in [3.05, 3.63) is 64.2 Å². The van der Waals surface area contributed by atoms with Crippen molar-refractivity contribution < 1.29 is 24.0 Å². The van der Waals surface area contributed by atoms with Crippen molar-refractivity contribution in [3.63, 3.8) is 0 Å². The van der Waals surface area contributed by atoms with Crippen LogP contribution in [0.15, 0.2) is 48.5 Å². The number of carbonyl (C=O) groups is 2. The number of nitrogens with zero attached hydrogens (tertiary/aromatic N) is 1. The number of carbonyl (C=O) groups excluding carboxylic acids is 2. The van der Waals surface area contributed by atoms with E-state index in [1.165, 1.54) is 24.3 Å². The summed E-state index contributed by atoms with van der Waals surface area (Å²) in [5.74, 6) is -0.276. The van der Waals surface area contributed by atoms with E-state index in [-0.39, 0.29) is 12.3 Å². The topological polar surface area (TPSA) is 120 Å². The van der Waals surface area contributed by atoms with Crippen LogP contribution >= 0.6 is 0 Å². The number of rotatable bonds is 8. The van der Waals surface area contributed by atoms with Gasteiger partial charge in [-0.3, -0.25) is 30.6 Å². The maximum Gasteiger partial charge on any atom is 0.279 e. The zero-order chi connectivity index (χ0) is 20.5. The molecule has 1 atom stereocenters. The fourth-order valence-electron chi connectivity index (χ4n) is 2.14. The van der Waals surface area contributed by atoms with Crippen LogP contribution in [0.4, 0.5) is 5.69 Å². The van der Waals surface area contributed by atoms with E-state index in [9.17, 15) is 19.7 Å². The first-order chi connectivity index (χ1) is 13.4. The molecule has 0 radical (unpaired) electrons. The van der Waals surface area contributed by atoms with Crippen LogP contribution in [-0.2, 0) is 16.0 Å². The molecule has 2 amide bonds. The number of non-ortho nitro benzene ring substituents is 1. The second kappa shape index (κ2) is 9.91. The minimum Gasteiger partial charge on any atom is -0.484 e. The van der Waals surface area contributed by atoms with Gasteiger partial charge in [-0.25, -0.2) is 0 Å². The maximum atomic E-state index is 12.0. The molecular weight excluding hydrogens is 366 g/mol. The van der Waals surface area contributed by atoms with Gasteiger partial charge in [0.25, 0.3) is 17.5 Å². The highest BCUT2D eigenvalue weighted by molar-refractivity contribution is 5.85. The fourth-order valence-corrected chi connectivity index (χ4v) is 2.14. The number of benzene rings is 2. The molecule has 2 rings (SSSR count). The van der Waals surface area contributed by atoms with Gasteiger partial charge < -0.3 is 9.47 Å². The molecule has 0 heterocycles. The molecule has 0 aliphatic rings. The number of hydrogen-bond acceptors (Lipinski definition) is 6. The predicted octanol–water partition coefficient (Wildman–Crippen LogP) is 2.15. The summed E-state index contributed by atoms with van der Waals surface area (Å²) in [4.78, 5) is 33.8. The summed E-state index contributed by atoms with van der Waals surface area (Å²) in [5, 5.41) is 10.6. The summed E-state index contributed by atoms with van der Waals surface area (Å²) < 4.78 is 10.7. The van der Waals surface area contributed by atoms with Crippen molar-refractivity contribution in [2.75, 3.05) is 6.61 Å². The molecular formula is C19H21N3O6. The molecule has 0 aromatic heterocycles. The molecule has 2 N–H and O–H groups in total. The SMILES string of the molecule is CCc1ccc(O[C@@H](C)C(=O)NNC(=O)COc2ccc([N+](=O)[O-])cc2)cc1. The van der Waals surface area contributed by atoms with Gasteiger partial charge in [-0.05, 0) is 43.2 Å². The van der Waals surface area contributed by atoms with E-state index >= 15 is 0 Å². The standard InChI is InChI=1S/C19H21N3O6/c1-3-14-4-8-17(9-5-14)28-13(2)19(24)21-20-18(23)12-27-16-10-6-15(7-11-16)22(25)26/h4-11,13H,3,12H2,1-2H3,(H,20,23)(H,21,24)/t13-/m0/s1. The smallest absolute Gasteiger partial charge is 0.279 e. The molecule has 0 bridgehead atoms. The monoisotopic (exact) mass is 387 g/mol. The van der Waals surface area contributed by atoms with Crippen LogP contribution in [0, 0.1) is 10.1 Å². The average molecular weight is 387 g/mol. The highest BCUT2D eigenvalue weighted by Crippen LogP contribution is 2.17. The number of aryl methyl sites for hydroxylation is 1. The van der Waals surface area contributed by atoms with Crippen molar-refractivity contribution in [3.8, 4) is 11.5 Å². The third kappa shape index (κ3) is 6.27. The van der Waals surface area contributed by atoms with E-state index in [4.69, 9.17) is 9.47 Å². The van der Waals surface area contributed by atoms with Crippen LogP contribution in [0.5, 0.6) is 11.5 Å². The number of nitrogens with one attached hydrogen (secondary N) is 2. The Kier molecular flexibility index (Phi) is 7.32. The number of nitro benzene ring substituents is 1. The summed E-state index contributed by atoms with van der Waals surface area (Å²) in [5.41, 5.74) is 5.54. The van der Waals surface area contributed by atoms with Gasteiger partial charge in [0, 0.05) is 12.1 Å². The molecule has 9 nitrogen and oxygen atoms in total. The van der Waals surface area contributed by atoms with E-state index in [1.54, 1.807) is 19.1 Å². The second-order valence-electron chi connectivity index (χ2n) is 5.83. The molecule has 0 spiro atoms. The molecule has 0 saturated heterocycles. The molecule has 2 aromatic carbocycles. The van der Waals surface area contributed by atoms with Crippen molar-refractivity contribution in [2.45, 2.75) is 26.4 Å². The molecule has 28 heavy (non-hydrogen) atoms. The summed E-state index contributed by atoms with van der Waals surface area (Å²) >= 11 is 0. The zero-order valence-electron chi connectivity index (χ0n) is 15.5. The molecule has 0 fully saturated rings. The van der Waals surface area contributed by atoms with E-state index in [1.807, 2.05) is 19.1 Å². The van der Waals surface area contributed by atoms with Crippen LogP contribution in [0.25, 0.3) is 0 Å². The van der Waals surface area contributed by atoms with Gasteiger partial charge in [0.15, 0.2) is 12.7 Å². The normalized spacial score (nSPS) is 11.2. The van der Waals surface area contributed by atoms with Gasteiger partial charge >= 0.3 is 0 Å². The largest absolute Gasteiger partial charge is 0.484 e. The highest BCUT2D eigenvalue weighted by Gasteiger charge is 2.15. The molecule has 0 saturated carbocycles. The Morgan fingerprint density at radius 3 is 2.21 bits per heavy atom. The lowest BCUT2D eigenvalue weighted by atomic mass is 10.2. The molecule has 148 valence electrons. The quantitative estimate of drug-likeness (QED) is 0.529. The summed E-state index contributed by atoms with van der Waals surface area (Å²) in [7, 11) is 0. The van der Waals surface area contributed by atoms with Crippen LogP contribution < -0.4 is 20.3 Å². The first-order valence-corrected chi connectivity index (χ1v) is 8.60. The van der Waals surface area contributed by atoms with Crippen LogP contribution in [0.3, 0.4) is 0 Å². The Bertz CT molecular complexity index is 821. The van der Waals surface area contributed by atoms with E-state index in [2.05, 4.69) is 10.9 Å². The number of amides is 2. The van der Waals surface area contributed by atoms with Crippen molar-refractivity contribution in [1.82, 2.24) is 10.9 Å². The van der Waals surface area contributed by atoms with E-state index in [0.29, 0.717) is 11.5 Å². The lowest BCUT2D eigenvalue weighted by Gasteiger charge is -2.15.